The third-order valence-corrected chi connectivity index (χ3v) is 6.02. The van der Waals surface area contributed by atoms with E-state index in [0.717, 1.165) is 11.1 Å². The van der Waals surface area contributed by atoms with Crippen molar-refractivity contribution in [3.8, 4) is 11.1 Å². The van der Waals surface area contributed by atoms with E-state index in [1.807, 2.05) is 0 Å². The highest BCUT2D eigenvalue weighted by Crippen LogP contribution is 2.51. The Hall–Kier alpha value is -2.52. The molecule has 2 atom stereocenters. The lowest BCUT2D eigenvalue weighted by molar-refractivity contribution is 0.183. The molecule has 0 saturated carbocycles. The molecule has 1 aromatic carbocycles. The molecule has 0 bridgehead atoms. The minimum atomic E-state index is -1.19. The Morgan fingerprint density at radius 1 is 1.35 bits per heavy atom. The Kier molecular flexibility index (Phi) is 4.33. The van der Waals surface area contributed by atoms with Crippen molar-refractivity contribution in [2.75, 3.05) is 19.8 Å². The first-order valence-electron chi connectivity index (χ1n) is 7.95. The van der Waals surface area contributed by atoms with E-state index in [9.17, 15) is 9.18 Å². The van der Waals surface area contributed by atoms with Crippen molar-refractivity contribution in [2.45, 2.75) is 4.75 Å². The second-order valence-corrected chi connectivity index (χ2v) is 7.42. The fraction of sp³-hybridized carbons (Fsp3) is 0.294. The predicted molar refractivity (Wildman–Crippen MR) is 94.5 cm³/mol. The number of carbonyl (C=O) groups is 1. The summed E-state index contributed by atoms with van der Waals surface area (Å²) in [4.78, 5) is 23.3. The third-order valence-electron chi connectivity index (χ3n) is 4.56. The fourth-order valence-electron chi connectivity index (χ4n) is 3.30. The van der Waals surface area contributed by atoms with Gasteiger partial charge in [0.1, 0.15) is 12.1 Å². The molecular weight excluding hydrogens is 359 g/mol. The smallest absolute Gasteiger partial charge is 0.410 e. The highest BCUT2D eigenvalue weighted by Gasteiger charge is 2.50. The van der Waals surface area contributed by atoms with Crippen molar-refractivity contribution in [3.05, 3.63) is 48.3 Å². The van der Waals surface area contributed by atoms with Crippen LogP contribution in [0.5, 0.6) is 0 Å². The number of nitrogens with zero attached hydrogens (tertiary/aromatic N) is 3. The molecule has 1 fully saturated rings. The van der Waals surface area contributed by atoms with Gasteiger partial charge in [0.05, 0.1) is 18.0 Å². The zero-order valence-corrected chi connectivity index (χ0v) is 14.4. The van der Waals surface area contributed by atoms with Crippen molar-refractivity contribution in [1.29, 1.82) is 0 Å². The summed E-state index contributed by atoms with van der Waals surface area (Å²) >= 11 is 1.21. The molecule has 26 heavy (non-hydrogen) atoms. The van der Waals surface area contributed by atoms with Crippen molar-refractivity contribution in [2.24, 2.45) is 10.9 Å². The maximum Gasteiger partial charge on any atom is 0.410 e. The lowest BCUT2D eigenvalue weighted by atomic mass is 9.86. The van der Waals surface area contributed by atoms with E-state index in [0.29, 0.717) is 18.7 Å². The Morgan fingerprint density at radius 2 is 2.15 bits per heavy atom. The highest BCUT2D eigenvalue weighted by molar-refractivity contribution is 8.14. The second kappa shape index (κ2) is 6.65. The number of thioether (sulfide) groups is 1. The SMILES string of the molecule is O=C(O)NC1=NCC2COCC2(c2cc(-c3cncnc3)ccc2F)S1. The van der Waals surface area contributed by atoms with Crippen LogP contribution < -0.4 is 5.32 Å². The van der Waals surface area contributed by atoms with Crippen LogP contribution in [0.2, 0.25) is 0 Å². The summed E-state index contributed by atoms with van der Waals surface area (Å²) in [5.41, 5.74) is 2.04. The molecule has 2 unspecified atom stereocenters. The normalized spacial score (nSPS) is 24.7. The van der Waals surface area contributed by atoms with Gasteiger partial charge in [-0.3, -0.25) is 10.3 Å². The predicted octanol–water partition coefficient (Wildman–Crippen LogP) is 2.49. The monoisotopic (exact) mass is 374 g/mol. The molecule has 4 rings (SSSR count). The summed E-state index contributed by atoms with van der Waals surface area (Å²) in [5, 5.41) is 11.5. The lowest BCUT2D eigenvalue weighted by Gasteiger charge is -2.36. The number of fused-ring (bicyclic) bond motifs is 1. The van der Waals surface area contributed by atoms with Crippen molar-refractivity contribution in [1.82, 2.24) is 15.3 Å². The molecule has 2 aliphatic rings. The van der Waals surface area contributed by atoms with E-state index in [-0.39, 0.29) is 23.5 Å². The number of aliphatic imine (C=N–C) groups is 1. The molecule has 2 aromatic rings. The van der Waals surface area contributed by atoms with Crippen LogP contribution in [0.4, 0.5) is 9.18 Å². The quantitative estimate of drug-likeness (QED) is 0.838. The topological polar surface area (TPSA) is 96.7 Å². The molecule has 9 heteroatoms. The first kappa shape index (κ1) is 16.9. The standard InChI is InChI=1S/C17H15FN4O3S/c18-14-2-1-10(11-4-19-9-20-5-11)3-13(14)17-8-25-7-12(17)6-21-15(26-17)22-16(23)24/h1-5,9,12H,6-8H2,(H,21,22)(H,23,24). The van der Waals surface area contributed by atoms with E-state index in [1.54, 1.807) is 24.5 Å². The number of carboxylic acid groups (broad SMARTS) is 1. The molecule has 0 spiro atoms. The molecule has 7 nitrogen and oxygen atoms in total. The number of amidine groups is 1. The molecule has 3 heterocycles. The van der Waals surface area contributed by atoms with Crippen LogP contribution in [0.25, 0.3) is 11.1 Å². The Morgan fingerprint density at radius 3 is 2.92 bits per heavy atom. The van der Waals surface area contributed by atoms with Gasteiger partial charge in [0, 0.05) is 36.0 Å². The summed E-state index contributed by atoms with van der Waals surface area (Å²) in [6.45, 7) is 1.12. The highest BCUT2D eigenvalue weighted by atomic mass is 32.2. The average molecular weight is 374 g/mol. The number of benzene rings is 1. The molecule has 1 saturated heterocycles. The van der Waals surface area contributed by atoms with Crippen LogP contribution in [0, 0.1) is 11.7 Å². The maximum atomic E-state index is 14.8. The molecule has 134 valence electrons. The van der Waals surface area contributed by atoms with Gasteiger partial charge in [-0.15, -0.1) is 0 Å². The van der Waals surface area contributed by atoms with Gasteiger partial charge in [-0.2, -0.15) is 0 Å². The van der Waals surface area contributed by atoms with E-state index in [1.165, 1.54) is 24.2 Å². The van der Waals surface area contributed by atoms with Crippen LogP contribution in [-0.4, -0.2) is 46.1 Å². The number of hydrogen-bond acceptors (Lipinski definition) is 6. The maximum absolute atomic E-state index is 14.8. The van der Waals surface area contributed by atoms with Crippen LogP contribution >= 0.6 is 11.8 Å². The molecule has 0 radical (unpaired) electrons. The largest absolute Gasteiger partial charge is 0.465 e. The number of aromatic nitrogens is 2. The molecular formula is C17H15FN4O3S. The molecule has 2 N–H and O–H groups in total. The third kappa shape index (κ3) is 2.93. The Labute approximate surface area is 152 Å². The van der Waals surface area contributed by atoms with Gasteiger partial charge in [-0.05, 0) is 17.7 Å². The van der Waals surface area contributed by atoms with Gasteiger partial charge in [0.15, 0.2) is 5.17 Å². The second-order valence-electron chi connectivity index (χ2n) is 6.10. The first-order chi connectivity index (χ1) is 12.6. The van der Waals surface area contributed by atoms with Crippen LogP contribution in [0.15, 0.2) is 41.9 Å². The van der Waals surface area contributed by atoms with Crippen molar-refractivity contribution in [3.63, 3.8) is 0 Å². The molecule has 0 aliphatic carbocycles. The van der Waals surface area contributed by atoms with Gasteiger partial charge >= 0.3 is 6.09 Å². The number of halogens is 1. The summed E-state index contributed by atoms with van der Waals surface area (Å²) in [5.74, 6) is -0.395. The fourth-order valence-corrected chi connectivity index (χ4v) is 4.64. The number of hydrogen-bond donors (Lipinski definition) is 2. The van der Waals surface area contributed by atoms with Gasteiger partial charge < -0.3 is 9.84 Å². The van der Waals surface area contributed by atoms with E-state index in [4.69, 9.17) is 9.84 Å². The summed E-state index contributed by atoms with van der Waals surface area (Å²) in [7, 11) is 0. The van der Waals surface area contributed by atoms with Gasteiger partial charge in [0.25, 0.3) is 0 Å². The summed E-state index contributed by atoms with van der Waals surface area (Å²) < 4.78 is 19.7. The lowest BCUT2D eigenvalue weighted by Crippen LogP contribution is -2.42. The Balaban J connectivity index is 1.77. The molecule has 1 aromatic heterocycles. The van der Waals surface area contributed by atoms with Crippen molar-refractivity contribution < 1.29 is 19.0 Å². The first-order valence-corrected chi connectivity index (χ1v) is 8.77. The molecule has 1 amide bonds. The van der Waals surface area contributed by atoms with Crippen molar-refractivity contribution >= 4 is 23.0 Å². The number of ether oxygens (including phenoxy) is 1. The van der Waals surface area contributed by atoms with Crippen LogP contribution in [-0.2, 0) is 9.48 Å². The summed E-state index contributed by atoms with van der Waals surface area (Å²) in [6.07, 6.45) is 3.57. The molecule has 2 aliphatic heterocycles. The number of nitrogens with one attached hydrogen (secondary N) is 1. The van der Waals surface area contributed by atoms with Crippen LogP contribution in [0.3, 0.4) is 0 Å². The minimum absolute atomic E-state index is 0.0383. The zero-order chi connectivity index (χ0) is 18.1. The van der Waals surface area contributed by atoms with Gasteiger partial charge in [0.2, 0.25) is 0 Å². The van der Waals surface area contributed by atoms with Gasteiger partial charge in [-0.25, -0.2) is 19.2 Å². The zero-order valence-electron chi connectivity index (χ0n) is 13.6. The average Bonchev–Trinajstić information content (AvgIpc) is 3.06. The van der Waals surface area contributed by atoms with E-state index < -0.39 is 10.8 Å². The number of amides is 1. The number of rotatable bonds is 2. The Bertz CT molecular complexity index is 880. The van der Waals surface area contributed by atoms with Gasteiger partial charge in [-0.1, -0.05) is 17.8 Å². The summed E-state index contributed by atoms with van der Waals surface area (Å²) in [6, 6.07) is 4.86. The minimum Gasteiger partial charge on any atom is -0.465 e. The van der Waals surface area contributed by atoms with E-state index >= 15 is 0 Å². The van der Waals surface area contributed by atoms with Crippen LogP contribution in [0.1, 0.15) is 5.56 Å². The van der Waals surface area contributed by atoms with E-state index in [2.05, 4.69) is 20.3 Å².